The normalized spacial score (nSPS) is 19.9. The summed E-state index contributed by atoms with van der Waals surface area (Å²) < 4.78 is 38.3. The highest BCUT2D eigenvalue weighted by Crippen LogP contribution is 2.37. The molecule has 1 fully saturated rings. The Morgan fingerprint density at radius 2 is 1.61 bits per heavy atom. The Hall–Kier alpha value is -2.73. The van der Waals surface area contributed by atoms with Crippen LogP contribution in [-0.2, 0) is 26.3 Å². The van der Waals surface area contributed by atoms with Gasteiger partial charge in [0, 0.05) is 12.8 Å². The van der Waals surface area contributed by atoms with Crippen molar-refractivity contribution in [3.05, 3.63) is 80.7 Å². The summed E-state index contributed by atoms with van der Waals surface area (Å²) >= 11 is 2.74. The van der Waals surface area contributed by atoms with Crippen LogP contribution in [0.25, 0.3) is 0 Å². The molecule has 6 nitrogen and oxygen atoms in total. The van der Waals surface area contributed by atoms with Crippen LogP contribution in [0.4, 0.5) is 13.2 Å². The second-order valence-electron chi connectivity index (χ2n) is 8.75. The van der Waals surface area contributed by atoms with Gasteiger partial charge in [0.1, 0.15) is 12.5 Å². The van der Waals surface area contributed by atoms with Gasteiger partial charge in [-0.05, 0) is 28.5 Å². The molecule has 0 amide bonds. The van der Waals surface area contributed by atoms with Gasteiger partial charge in [-0.2, -0.15) is 13.2 Å². The summed E-state index contributed by atoms with van der Waals surface area (Å²) in [6.45, 7) is 2.77. The van der Waals surface area contributed by atoms with Crippen molar-refractivity contribution in [3.63, 3.8) is 0 Å². The summed E-state index contributed by atoms with van der Waals surface area (Å²) in [6, 6.07) is 17.8. The number of carbonyl (C=O) groups is 2. The lowest BCUT2D eigenvalue weighted by atomic mass is 10.00. The van der Waals surface area contributed by atoms with Crippen LogP contribution in [0.15, 0.2) is 65.4 Å². The Labute approximate surface area is 214 Å². The number of aliphatic hydroxyl groups is 1. The maximum Gasteiger partial charge on any atom is 0.430 e. The SMILES string of the molecule is C[N+]1(CCc2ccccc2)CCC(OC(=O)C(O)(c2cccs2)c2cccs2)C1.O=C([O-])C(F)(F)F. The predicted octanol–water partition coefficient (Wildman–Crippen LogP) is 3.35. The predicted molar refractivity (Wildman–Crippen MR) is 128 cm³/mol. The topological polar surface area (TPSA) is 86.7 Å². The van der Waals surface area contributed by atoms with Crippen molar-refractivity contribution in [2.24, 2.45) is 0 Å². The average Bonchev–Trinajstić information content (AvgIpc) is 3.61. The molecule has 2 atom stereocenters. The Bertz CT molecular complexity index is 1090. The summed E-state index contributed by atoms with van der Waals surface area (Å²) in [6.07, 6.45) is -3.54. The number of likely N-dealkylation sites (N-methyl/N-ethyl adjacent to an activating group) is 1. The number of halogens is 3. The molecule has 1 aliphatic heterocycles. The number of hydrogen-bond donors (Lipinski definition) is 1. The van der Waals surface area contributed by atoms with Crippen molar-refractivity contribution >= 4 is 34.6 Å². The van der Waals surface area contributed by atoms with E-state index >= 15 is 0 Å². The number of carboxylic acid groups (broad SMARTS) is 1. The number of carboxylic acids is 1. The first-order valence-electron chi connectivity index (χ1n) is 11.1. The van der Waals surface area contributed by atoms with Crippen LogP contribution >= 0.6 is 22.7 Å². The van der Waals surface area contributed by atoms with E-state index < -0.39 is 23.7 Å². The molecule has 3 heterocycles. The van der Waals surface area contributed by atoms with Gasteiger partial charge in [-0.3, -0.25) is 0 Å². The second-order valence-corrected chi connectivity index (χ2v) is 10.6. The fourth-order valence-electron chi connectivity index (χ4n) is 4.00. The third kappa shape index (κ3) is 6.94. The van der Waals surface area contributed by atoms with Crippen LogP contribution < -0.4 is 5.11 Å². The summed E-state index contributed by atoms with van der Waals surface area (Å²) in [7, 11) is 2.22. The molecule has 0 saturated carbocycles. The molecule has 4 rings (SSSR count). The minimum atomic E-state index is -5.19. The molecule has 0 bridgehead atoms. The van der Waals surface area contributed by atoms with E-state index in [1.165, 1.54) is 28.2 Å². The molecule has 36 heavy (non-hydrogen) atoms. The first-order valence-corrected chi connectivity index (χ1v) is 12.9. The monoisotopic (exact) mass is 541 g/mol. The number of carbonyl (C=O) groups excluding carboxylic acids is 2. The summed E-state index contributed by atoms with van der Waals surface area (Å²) in [5, 5.41) is 23.9. The third-order valence-electron chi connectivity index (χ3n) is 5.97. The molecule has 2 unspecified atom stereocenters. The standard InChI is InChI=1S/C23H26NO3S2.C2HF3O2/c1-24(13-11-18-7-3-2-4-8-18)14-12-19(17-24)27-22(25)23(26,20-9-5-15-28-20)21-10-6-16-29-21;3-2(4,5)1(6)7/h2-10,15-16,19,26H,11-14,17H2,1H3;(H,6,7)/q+1;/p-1. The molecule has 0 aliphatic carbocycles. The quantitative estimate of drug-likeness (QED) is 0.366. The first kappa shape index (κ1) is 27.9. The highest BCUT2D eigenvalue weighted by Gasteiger charge is 2.46. The van der Waals surface area contributed by atoms with Gasteiger partial charge < -0.3 is 24.2 Å². The van der Waals surface area contributed by atoms with Crippen LogP contribution in [-0.4, -0.2) is 60.5 Å². The lowest BCUT2D eigenvalue weighted by Crippen LogP contribution is -2.45. The zero-order valence-corrected chi connectivity index (χ0v) is 21.1. The lowest BCUT2D eigenvalue weighted by Gasteiger charge is -2.30. The number of likely N-dealkylation sites (tertiary alicyclic amines) is 1. The van der Waals surface area contributed by atoms with Gasteiger partial charge in [-0.1, -0.05) is 42.5 Å². The van der Waals surface area contributed by atoms with E-state index in [9.17, 15) is 23.1 Å². The average molecular weight is 542 g/mol. The van der Waals surface area contributed by atoms with Crippen LogP contribution in [0.5, 0.6) is 0 Å². The Morgan fingerprint density at radius 1 is 1.06 bits per heavy atom. The molecule has 11 heteroatoms. The van der Waals surface area contributed by atoms with Gasteiger partial charge in [-0.15, -0.1) is 22.7 Å². The maximum atomic E-state index is 13.1. The number of hydrogen-bond acceptors (Lipinski definition) is 7. The summed E-state index contributed by atoms with van der Waals surface area (Å²) in [4.78, 5) is 23.1. The van der Waals surface area contributed by atoms with E-state index in [0.717, 1.165) is 37.0 Å². The van der Waals surface area contributed by atoms with Crippen molar-refractivity contribution in [3.8, 4) is 0 Å². The molecular formula is C25H26F3NO5S2. The summed E-state index contributed by atoms with van der Waals surface area (Å²) in [5.41, 5.74) is -0.393. The largest absolute Gasteiger partial charge is 0.542 e. The number of ether oxygens (including phenoxy) is 1. The minimum absolute atomic E-state index is 0.172. The molecule has 2 aromatic heterocycles. The zero-order chi connectivity index (χ0) is 26.4. The molecule has 1 aliphatic rings. The van der Waals surface area contributed by atoms with E-state index in [2.05, 4.69) is 31.3 Å². The first-order chi connectivity index (χ1) is 16.9. The number of benzene rings is 1. The van der Waals surface area contributed by atoms with Crippen molar-refractivity contribution in [2.45, 2.75) is 30.7 Å². The number of quaternary nitrogens is 1. The Morgan fingerprint density at radius 3 is 2.08 bits per heavy atom. The van der Waals surface area contributed by atoms with Crippen LogP contribution in [0.3, 0.4) is 0 Å². The Balaban J connectivity index is 0.000000454. The fourth-order valence-corrected chi connectivity index (χ4v) is 5.72. The molecule has 1 aromatic carbocycles. The number of thiophene rings is 2. The van der Waals surface area contributed by atoms with Gasteiger partial charge in [-0.25, -0.2) is 4.79 Å². The van der Waals surface area contributed by atoms with Crippen LogP contribution in [0, 0.1) is 0 Å². The van der Waals surface area contributed by atoms with E-state index in [1.54, 1.807) is 12.1 Å². The van der Waals surface area contributed by atoms with Crippen LogP contribution in [0.2, 0.25) is 0 Å². The van der Waals surface area contributed by atoms with E-state index in [4.69, 9.17) is 14.6 Å². The number of aliphatic carboxylic acids is 1. The maximum absolute atomic E-state index is 13.1. The highest BCUT2D eigenvalue weighted by molar-refractivity contribution is 7.12. The minimum Gasteiger partial charge on any atom is -0.542 e. The molecule has 0 radical (unpaired) electrons. The van der Waals surface area contributed by atoms with Crippen LogP contribution in [0.1, 0.15) is 21.7 Å². The zero-order valence-electron chi connectivity index (χ0n) is 19.4. The molecule has 1 N–H and O–H groups in total. The van der Waals surface area contributed by atoms with E-state index in [-0.39, 0.29) is 6.10 Å². The fraction of sp³-hybridized carbons (Fsp3) is 0.360. The van der Waals surface area contributed by atoms with Gasteiger partial charge in [0.15, 0.2) is 6.10 Å². The molecule has 3 aromatic rings. The van der Waals surface area contributed by atoms with E-state index in [1.807, 2.05) is 29.0 Å². The highest BCUT2D eigenvalue weighted by atomic mass is 32.1. The van der Waals surface area contributed by atoms with Crippen molar-refractivity contribution in [1.29, 1.82) is 0 Å². The lowest BCUT2D eigenvalue weighted by molar-refractivity contribution is -0.898. The van der Waals surface area contributed by atoms with Gasteiger partial charge in [0.05, 0.1) is 29.9 Å². The summed E-state index contributed by atoms with van der Waals surface area (Å²) in [5.74, 6) is -3.57. The molecule has 1 saturated heterocycles. The molecular weight excluding hydrogens is 515 g/mol. The van der Waals surface area contributed by atoms with E-state index in [0.29, 0.717) is 9.75 Å². The van der Waals surface area contributed by atoms with Gasteiger partial charge >= 0.3 is 12.1 Å². The van der Waals surface area contributed by atoms with Gasteiger partial charge in [0.25, 0.3) is 0 Å². The number of alkyl halides is 3. The van der Waals surface area contributed by atoms with Crippen molar-refractivity contribution < 1.29 is 42.2 Å². The van der Waals surface area contributed by atoms with Gasteiger partial charge in [0.2, 0.25) is 5.60 Å². The number of nitrogens with zero attached hydrogens (tertiary/aromatic N) is 1. The smallest absolute Gasteiger partial charge is 0.430 e. The van der Waals surface area contributed by atoms with Crippen molar-refractivity contribution in [2.75, 3.05) is 26.7 Å². The van der Waals surface area contributed by atoms with Crippen molar-refractivity contribution in [1.82, 2.24) is 0 Å². The third-order valence-corrected chi connectivity index (χ3v) is 7.93. The number of rotatable bonds is 7. The molecule has 0 spiro atoms. The Kier molecular flexibility index (Phi) is 8.93. The number of esters is 1. The second kappa shape index (κ2) is 11.5. The molecule has 194 valence electrons.